The normalized spacial score (nSPS) is 33.1. The van der Waals surface area contributed by atoms with Crippen LogP contribution in [0.25, 0.3) is 0 Å². The summed E-state index contributed by atoms with van der Waals surface area (Å²) in [5, 5.41) is 12.4. The van der Waals surface area contributed by atoms with Gasteiger partial charge in [0, 0.05) is 6.04 Å². The van der Waals surface area contributed by atoms with Gasteiger partial charge in [0.2, 0.25) is 0 Å². The van der Waals surface area contributed by atoms with Crippen LogP contribution in [0, 0.1) is 22.6 Å². The highest BCUT2D eigenvalue weighted by Crippen LogP contribution is 2.63. The number of aromatic carboxylic acids is 1. The lowest BCUT2D eigenvalue weighted by molar-refractivity contribution is 0.0697. The predicted molar refractivity (Wildman–Crippen MR) is 80.0 cm³/mol. The van der Waals surface area contributed by atoms with Crippen LogP contribution < -0.4 is 5.32 Å². The number of fused-ring (bicyclic) bond motifs is 2. The van der Waals surface area contributed by atoms with E-state index in [0.717, 1.165) is 12.8 Å². The third kappa shape index (κ3) is 2.12. The number of benzene rings is 1. The van der Waals surface area contributed by atoms with E-state index in [4.69, 9.17) is 5.11 Å². The molecule has 2 aliphatic rings. The van der Waals surface area contributed by atoms with Crippen molar-refractivity contribution in [1.29, 1.82) is 0 Å². The number of carbonyl (C=O) groups is 1. The first kappa shape index (κ1) is 14.4. The Bertz CT molecular complexity index is 594. The van der Waals surface area contributed by atoms with Crippen molar-refractivity contribution in [3.8, 4) is 0 Å². The van der Waals surface area contributed by atoms with Crippen LogP contribution in [-0.4, -0.2) is 17.1 Å². The van der Waals surface area contributed by atoms with E-state index in [1.165, 1.54) is 24.6 Å². The molecule has 3 atom stereocenters. The minimum absolute atomic E-state index is 0.0959. The number of nitrogens with one attached hydrogen (secondary N) is 1. The first-order valence-electron chi connectivity index (χ1n) is 7.53. The monoisotopic (exact) mass is 291 g/mol. The largest absolute Gasteiger partial charge is 0.478 e. The Kier molecular flexibility index (Phi) is 3.05. The van der Waals surface area contributed by atoms with E-state index in [-0.39, 0.29) is 28.3 Å². The molecule has 0 heterocycles. The van der Waals surface area contributed by atoms with Crippen molar-refractivity contribution in [2.75, 3.05) is 5.32 Å². The first-order chi connectivity index (χ1) is 9.74. The SMILES string of the molecule is CC12CCC(C1)C(C)(C)C2Nc1cc(C(=O)O)ccc1F. The van der Waals surface area contributed by atoms with Gasteiger partial charge in [0.15, 0.2) is 0 Å². The molecule has 4 heteroatoms. The zero-order chi connectivity index (χ0) is 15.4. The summed E-state index contributed by atoms with van der Waals surface area (Å²) in [6.45, 7) is 6.73. The first-order valence-corrected chi connectivity index (χ1v) is 7.53. The van der Waals surface area contributed by atoms with Crippen LogP contribution in [0.2, 0.25) is 0 Å². The summed E-state index contributed by atoms with van der Waals surface area (Å²) in [6, 6.07) is 4.11. The summed E-state index contributed by atoms with van der Waals surface area (Å²) in [6.07, 6.45) is 3.55. The van der Waals surface area contributed by atoms with Crippen LogP contribution in [0.5, 0.6) is 0 Å². The van der Waals surface area contributed by atoms with Crippen molar-refractivity contribution in [3.63, 3.8) is 0 Å². The van der Waals surface area contributed by atoms with E-state index >= 15 is 0 Å². The number of halogens is 1. The quantitative estimate of drug-likeness (QED) is 0.879. The smallest absolute Gasteiger partial charge is 0.335 e. The molecule has 0 aromatic heterocycles. The minimum Gasteiger partial charge on any atom is -0.478 e. The Morgan fingerprint density at radius 2 is 2.10 bits per heavy atom. The molecule has 0 aliphatic heterocycles. The van der Waals surface area contributed by atoms with Gasteiger partial charge in [-0.1, -0.05) is 20.8 Å². The fourth-order valence-corrected chi connectivity index (χ4v) is 4.59. The summed E-state index contributed by atoms with van der Waals surface area (Å²) in [5.41, 5.74) is 0.685. The number of hydrogen-bond acceptors (Lipinski definition) is 2. The molecule has 114 valence electrons. The molecule has 2 saturated carbocycles. The Morgan fingerprint density at radius 1 is 1.38 bits per heavy atom. The van der Waals surface area contributed by atoms with Crippen LogP contribution in [0.1, 0.15) is 50.4 Å². The summed E-state index contributed by atoms with van der Waals surface area (Å²) < 4.78 is 14.0. The van der Waals surface area contributed by atoms with Gasteiger partial charge in [-0.15, -0.1) is 0 Å². The van der Waals surface area contributed by atoms with E-state index in [1.54, 1.807) is 0 Å². The van der Waals surface area contributed by atoms with Crippen LogP contribution in [0.15, 0.2) is 18.2 Å². The molecule has 0 radical (unpaired) electrons. The fourth-order valence-electron chi connectivity index (χ4n) is 4.59. The maximum atomic E-state index is 14.0. The zero-order valence-electron chi connectivity index (χ0n) is 12.7. The van der Waals surface area contributed by atoms with Gasteiger partial charge in [0.1, 0.15) is 5.82 Å². The second-order valence-electron chi connectivity index (χ2n) is 7.49. The highest BCUT2D eigenvalue weighted by molar-refractivity contribution is 5.88. The number of rotatable bonds is 3. The summed E-state index contributed by atoms with van der Waals surface area (Å²) in [5.74, 6) is -0.760. The third-order valence-corrected chi connectivity index (χ3v) is 5.78. The lowest BCUT2D eigenvalue weighted by Gasteiger charge is -2.43. The Hall–Kier alpha value is -1.58. The van der Waals surface area contributed by atoms with Gasteiger partial charge in [-0.3, -0.25) is 0 Å². The molecule has 0 spiro atoms. The van der Waals surface area contributed by atoms with Crippen molar-refractivity contribution in [1.82, 2.24) is 0 Å². The standard InChI is InChI=1S/C17H22FNO2/c1-16(2)11-6-7-17(3,9-11)15(16)19-13-8-10(14(20)21)4-5-12(13)18/h4-5,8,11,15,19H,6-7,9H2,1-3H3,(H,20,21). The molecule has 3 nitrogen and oxygen atoms in total. The number of anilines is 1. The zero-order valence-corrected chi connectivity index (χ0v) is 12.7. The van der Waals surface area contributed by atoms with Gasteiger partial charge in [-0.2, -0.15) is 0 Å². The third-order valence-electron chi connectivity index (χ3n) is 5.78. The molecule has 3 rings (SSSR count). The molecule has 0 amide bonds. The minimum atomic E-state index is -1.03. The van der Waals surface area contributed by atoms with Gasteiger partial charge < -0.3 is 10.4 Å². The van der Waals surface area contributed by atoms with Crippen molar-refractivity contribution < 1.29 is 14.3 Å². The van der Waals surface area contributed by atoms with Gasteiger partial charge in [-0.25, -0.2) is 9.18 Å². The van der Waals surface area contributed by atoms with Crippen LogP contribution in [0.3, 0.4) is 0 Å². The average Bonchev–Trinajstić information content (AvgIpc) is 2.87. The summed E-state index contributed by atoms with van der Waals surface area (Å²) >= 11 is 0. The van der Waals surface area contributed by atoms with E-state index in [2.05, 4.69) is 26.1 Å². The molecular formula is C17H22FNO2. The molecule has 2 fully saturated rings. The van der Waals surface area contributed by atoms with E-state index in [1.807, 2.05) is 0 Å². The molecule has 1 aromatic carbocycles. The van der Waals surface area contributed by atoms with Crippen molar-refractivity contribution >= 4 is 11.7 Å². The predicted octanol–water partition coefficient (Wildman–Crippen LogP) is 4.15. The molecule has 21 heavy (non-hydrogen) atoms. The van der Waals surface area contributed by atoms with Gasteiger partial charge in [-0.05, 0) is 54.2 Å². The second kappa shape index (κ2) is 4.46. The van der Waals surface area contributed by atoms with Gasteiger partial charge in [0.25, 0.3) is 0 Å². The molecule has 2 bridgehead atoms. The number of carboxylic acids is 1. The molecule has 0 saturated heterocycles. The Labute approximate surface area is 124 Å². The summed E-state index contributed by atoms with van der Waals surface area (Å²) in [7, 11) is 0. The number of carboxylic acid groups (broad SMARTS) is 1. The highest BCUT2D eigenvalue weighted by atomic mass is 19.1. The highest BCUT2D eigenvalue weighted by Gasteiger charge is 2.59. The van der Waals surface area contributed by atoms with Crippen LogP contribution >= 0.6 is 0 Å². The van der Waals surface area contributed by atoms with Crippen molar-refractivity contribution in [2.24, 2.45) is 16.7 Å². The second-order valence-corrected chi connectivity index (χ2v) is 7.49. The Morgan fingerprint density at radius 3 is 2.67 bits per heavy atom. The maximum absolute atomic E-state index is 14.0. The maximum Gasteiger partial charge on any atom is 0.335 e. The van der Waals surface area contributed by atoms with Gasteiger partial charge in [0.05, 0.1) is 11.3 Å². The molecule has 2 N–H and O–H groups in total. The molecule has 1 aromatic rings. The van der Waals surface area contributed by atoms with E-state index < -0.39 is 5.97 Å². The Balaban J connectivity index is 1.93. The lowest BCUT2D eigenvalue weighted by atomic mass is 9.68. The fraction of sp³-hybridized carbons (Fsp3) is 0.588. The summed E-state index contributed by atoms with van der Waals surface area (Å²) in [4.78, 5) is 11.1. The van der Waals surface area contributed by atoms with Crippen LogP contribution in [0.4, 0.5) is 10.1 Å². The molecule has 3 unspecified atom stereocenters. The lowest BCUT2D eigenvalue weighted by Crippen LogP contribution is -2.46. The topological polar surface area (TPSA) is 49.3 Å². The van der Waals surface area contributed by atoms with Crippen molar-refractivity contribution in [2.45, 2.75) is 46.1 Å². The molecular weight excluding hydrogens is 269 g/mol. The van der Waals surface area contributed by atoms with E-state index in [9.17, 15) is 9.18 Å². The molecule has 2 aliphatic carbocycles. The average molecular weight is 291 g/mol. The number of hydrogen-bond donors (Lipinski definition) is 2. The van der Waals surface area contributed by atoms with Gasteiger partial charge >= 0.3 is 5.97 Å². The van der Waals surface area contributed by atoms with E-state index in [0.29, 0.717) is 11.6 Å². The van der Waals surface area contributed by atoms with Crippen LogP contribution in [-0.2, 0) is 0 Å². The van der Waals surface area contributed by atoms with Crippen molar-refractivity contribution in [3.05, 3.63) is 29.6 Å².